The van der Waals surface area contributed by atoms with Gasteiger partial charge in [0.05, 0.1) is 22.3 Å². The summed E-state index contributed by atoms with van der Waals surface area (Å²) in [5, 5.41) is 1.10. The zero-order valence-corrected chi connectivity index (χ0v) is 15.2. The van der Waals surface area contributed by atoms with Gasteiger partial charge < -0.3 is 9.64 Å². The monoisotopic (exact) mass is 363 g/mol. The van der Waals surface area contributed by atoms with Crippen molar-refractivity contribution in [3.8, 4) is 5.75 Å². The highest BCUT2D eigenvalue weighted by molar-refractivity contribution is 6.42. The highest BCUT2D eigenvalue weighted by atomic mass is 35.5. The smallest absolute Gasteiger partial charge is 0.159 e. The molecular weight excluding hydrogens is 345 g/mol. The van der Waals surface area contributed by atoms with E-state index in [1.807, 2.05) is 36.4 Å². The Morgan fingerprint density at radius 1 is 1.21 bits per heavy atom. The second-order valence-corrected chi connectivity index (χ2v) is 6.83. The number of hydrogen-bond acceptors (Lipinski definition) is 3. The summed E-state index contributed by atoms with van der Waals surface area (Å²) in [7, 11) is 0. The Hall–Kier alpha value is -1.71. The van der Waals surface area contributed by atoms with Crippen molar-refractivity contribution in [1.82, 2.24) is 0 Å². The Bertz CT molecular complexity index is 776. The van der Waals surface area contributed by atoms with Crippen LogP contribution in [-0.2, 0) is 6.54 Å². The topological polar surface area (TPSA) is 29.5 Å². The third-order valence-electron chi connectivity index (χ3n) is 4.24. The molecule has 24 heavy (non-hydrogen) atoms. The molecule has 1 atom stereocenters. The molecule has 3 nitrogen and oxygen atoms in total. The van der Waals surface area contributed by atoms with E-state index in [1.165, 1.54) is 0 Å². The van der Waals surface area contributed by atoms with E-state index in [1.54, 1.807) is 6.92 Å². The third kappa shape index (κ3) is 3.52. The van der Waals surface area contributed by atoms with E-state index in [2.05, 4.69) is 11.8 Å². The molecule has 0 amide bonds. The number of nitrogens with zero attached hydrogens (tertiary/aromatic N) is 1. The molecule has 0 N–H and O–H groups in total. The first kappa shape index (κ1) is 17.1. The van der Waals surface area contributed by atoms with Crippen LogP contribution in [0.5, 0.6) is 5.75 Å². The second-order valence-electron chi connectivity index (χ2n) is 6.02. The van der Waals surface area contributed by atoms with Crippen LogP contribution in [0.15, 0.2) is 36.4 Å². The van der Waals surface area contributed by atoms with Gasteiger partial charge in [0, 0.05) is 12.1 Å². The van der Waals surface area contributed by atoms with Crippen molar-refractivity contribution in [2.24, 2.45) is 0 Å². The molecule has 0 aromatic heterocycles. The van der Waals surface area contributed by atoms with Crippen molar-refractivity contribution >= 4 is 34.7 Å². The van der Waals surface area contributed by atoms with E-state index >= 15 is 0 Å². The fourth-order valence-electron chi connectivity index (χ4n) is 2.86. The van der Waals surface area contributed by atoms with Crippen LogP contribution < -0.4 is 9.64 Å². The molecule has 0 spiro atoms. The highest BCUT2D eigenvalue weighted by Gasteiger charge is 2.25. The summed E-state index contributed by atoms with van der Waals surface area (Å²) in [5.41, 5.74) is 2.70. The van der Waals surface area contributed by atoms with Crippen molar-refractivity contribution in [2.75, 3.05) is 11.4 Å². The van der Waals surface area contributed by atoms with E-state index in [0.717, 1.165) is 30.0 Å². The number of ether oxygens (including phenoxy) is 1. The van der Waals surface area contributed by atoms with E-state index < -0.39 is 0 Å². The van der Waals surface area contributed by atoms with Crippen molar-refractivity contribution in [3.05, 3.63) is 57.6 Å². The van der Waals surface area contributed by atoms with Crippen LogP contribution in [0.4, 0.5) is 5.69 Å². The SMILES string of the molecule is CCC1CN(Cc2ccc(Cl)c(Cl)c2)c2cc(C(C)=O)ccc2O1. The summed E-state index contributed by atoms with van der Waals surface area (Å²) in [6.45, 7) is 5.14. The molecular formula is C19H19Cl2NO2. The molecule has 1 aliphatic heterocycles. The van der Waals surface area contributed by atoms with Crippen LogP contribution in [0.1, 0.15) is 36.2 Å². The summed E-state index contributed by atoms with van der Waals surface area (Å²) in [6, 6.07) is 11.3. The lowest BCUT2D eigenvalue weighted by Crippen LogP contribution is -2.39. The van der Waals surface area contributed by atoms with E-state index in [-0.39, 0.29) is 11.9 Å². The van der Waals surface area contributed by atoms with Crippen molar-refractivity contribution < 1.29 is 9.53 Å². The van der Waals surface area contributed by atoms with Crippen molar-refractivity contribution in [3.63, 3.8) is 0 Å². The molecule has 1 aliphatic rings. The number of rotatable bonds is 4. The lowest BCUT2D eigenvalue weighted by molar-refractivity contribution is 0.101. The Balaban J connectivity index is 1.95. The zero-order valence-electron chi connectivity index (χ0n) is 13.7. The maximum atomic E-state index is 11.7. The Kier molecular flexibility index (Phi) is 5.02. The number of benzene rings is 2. The van der Waals surface area contributed by atoms with Gasteiger partial charge in [-0.05, 0) is 49.2 Å². The number of carbonyl (C=O) groups excluding carboxylic acids is 1. The number of anilines is 1. The molecule has 0 fully saturated rings. The fraction of sp³-hybridized carbons (Fsp3) is 0.316. The van der Waals surface area contributed by atoms with Crippen LogP contribution in [-0.4, -0.2) is 18.4 Å². The molecule has 1 unspecified atom stereocenters. The van der Waals surface area contributed by atoms with Gasteiger partial charge in [-0.3, -0.25) is 4.79 Å². The molecule has 2 aromatic rings. The van der Waals surface area contributed by atoms with Crippen molar-refractivity contribution in [1.29, 1.82) is 0 Å². The number of ketones is 1. The average Bonchev–Trinajstić information content (AvgIpc) is 2.57. The molecule has 5 heteroatoms. The van der Waals surface area contributed by atoms with E-state index in [0.29, 0.717) is 22.2 Å². The summed E-state index contributed by atoms with van der Waals surface area (Å²) in [4.78, 5) is 13.9. The number of halogens is 2. The lowest BCUT2D eigenvalue weighted by atomic mass is 10.1. The minimum Gasteiger partial charge on any atom is -0.486 e. The largest absolute Gasteiger partial charge is 0.486 e. The van der Waals surface area contributed by atoms with Gasteiger partial charge in [-0.1, -0.05) is 36.2 Å². The van der Waals surface area contributed by atoms with Crippen LogP contribution in [0.3, 0.4) is 0 Å². The summed E-state index contributed by atoms with van der Waals surface area (Å²) in [5.74, 6) is 0.864. The van der Waals surface area contributed by atoms with Gasteiger partial charge in [0.25, 0.3) is 0 Å². The van der Waals surface area contributed by atoms with Gasteiger partial charge in [0.2, 0.25) is 0 Å². The first-order valence-corrected chi connectivity index (χ1v) is 8.74. The lowest BCUT2D eigenvalue weighted by Gasteiger charge is -2.36. The molecule has 0 bridgehead atoms. The molecule has 126 valence electrons. The number of hydrogen-bond donors (Lipinski definition) is 0. The standard InChI is InChI=1S/C19H19Cl2NO2/c1-3-15-11-22(10-13-4-6-16(20)17(21)8-13)18-9-14(12(2)23)5-7-19(18)24-15/h4-9,15H,3,10-11H2,1-2H3. The molecule has 3 rings (SSSR count). The maximum absolute atomic E-state index is 11.7. The number of fused-ring (bicyclic) bond motifs is 1. The third-order valence-corrected chi connectivity index (χ3v) is 4.98. The van der Waals surface area contributed by atoms with Crippen LogP contribution in [0.2, 0.25) is 10.0 Å². The molecule has 1 heterocycles. The minimum atomic E-state index is 0.0462. The number of carbonyl (C=O) groups is 1. The molecule has 0 aliphatic carbocycles. The quantitative estimate of drug-likeness (QED) is 0.683. The van der Waals surface area contributed by atoms with Crippen LogP contribution >= 0.6 is 23.2 Å². The van der Waals surface area contributed by atoms with Gasteiger partial charge >= 0.3 is 0 Å². The molecule has 0 saturated heterocycles. The van der Waals surface area contributed by atoms with E-state index in [4.69, 9.17) is 27.9 Å². The summed E-state index contributed by atoms with van der Waals surface area (Å²) < 4.78 is 6.03. The highest BCUT2D eigenvalue weighted by Crippen LogP contribution is 2.36. The zero-order chi connectivity index (χ0) is 17.3. The number of Topliss-reactive ketones (excluding diaryl/α,β-unsaturated/α-hetero) is 1. The van der Waals surface area contributed by atoms with Crippen LogP contribution in [0.25, 0.3) is 0 Å². The Labute approximate surface area is 152 Å². The van der Waals surface area contributed by atoms with Crippen LogP contribution in [0, 0.1) is 0 Å². The predicted octanol–water partition coefficient (Wildman–Crippen LogP) is 5.37. The first-order valence-electron chi connectivity index (χ1n) is 7.98. The van der Waals surface area contributed by atoms with Gasteiger partial charge in [-0.2, -0.15) is 0 Å². The molecule has 2 aromatic carbocycles. The minimum absolute atomic E-state index is 0.0462. The van der Waals surface area contributed by atoms with Gasteiger partial charge in [-0.25, -0.2) is 0 Å². The fourth-order valence-corrected chi connectivity index (χ4v) is 3.19. The van der Waals surface area contributed by atoms with E-state index in [9.17, 15) is 4.79 Å². The predicted molar refractivity (Wildman–Crippen MR) is 98.7 cm³/mol. The average molecular weight is 364 g/mol. The first-order chi connectivity index (χ1) is 11.5. The van der Waals surface area contributed by atoms with Gasteiger partial charge in [0.1, 0.15) is 11.9 Å². The van der Waals surface area contributed by atoms with Crippen molar-refractivity contribution in [2.45, 2.75) is 32.9 Å². The second kappa shape index (κ2) is 7.04. The Morgan fingerprint density at radius 3 is 2.67 bits per heavy atom. The van der Waals surface area contributed by atoms with Gasteiger partial charge in [-0.15, -0.1) is 0 Å². The maximum Gasteiger partial charge on any atom is 0.159 e. The molecule has 0 radical (unpaired) electrons. The summed E-state index contributed by atoms with van der Waals surface area (Å²) in [6.07, 6.45) is 1.05. The Morgan fingerprint density at radius 2 is 2.00 bits per heavy atom. The summed E-state index contributed by atoms with van der Waals surface area (Å²) >= 11 is 12.1. The normalized spacial score (nSPS) is 16.5. The van der Waals surface area contributed by atoms with Gasteiger partial charge in [0.15, 0.2) is 5.78 Å². The molecule has 0 saturated carbocycles.